The van der Waals surface area contributed by atoms with Crippen LogP contribution in [0.3, 0.4) is 0 Å². The van der Waals surface area contributed by atoms with Crippen molar-refractivity contribution >= 4 is 29.7 Å². The average molecular weight is 531 g/mol. The van der Waals surface area contributed by atoms with Gasteiger partial charge in [-0.1, -0.05) is 48.5 Å². The van der Waals surface area contributed by atoms with Crippen LogP contribution < -0.4 is 9.64 Å². The molecule has 4 aromatic carbocycles. The summed E-state index contributed by atoms with van der Waals surface area (Å²) in [5, 5.41) is 16.3. The quantitative estimate of drug-likeness (QED) is 0.279. The van der Waals surface area contributed by atoms with Gasteiger partial charge in [-0.3, -0.25) is 9.79 Å². The largest absolute Gasteiger partial charge is 0.506 e. The molecule has 0 aromatic heterocycles. The number of rotatable bonds is 6. The molecule has 0 radical (unpaired) electrons. The van der Waals surface area contributed by atoms with E-state index in [0.717, 1.165) is 41.0 Å². The SMILES string of the molecule is CCN(CC)c1ccc2c(c1)Oc1cc(C)ccc1C21c2ccccc2C(=O)N1/N=C/C=Nc1ccccc1O. The number of aromatic hydroxyl groups is 1. The number of nitrogens with zero attached hydrogens (tertiary/aromatic N) is 4. The van der Waals surface area contributed by atoms with Gasteiger partial charge in [0.15, 0.2) is 0 Å². The number of hydrazone groups is 1. The number of para-hydroxylation sites is 2. The van der Waals surface area contributed by atoms with E-state index in [4.69, 9.17) is 9.84 Å². The fourth-order valence-corrected chi connectivity index (χ4v) is 5.76. The van der Waals surface area contributed by atoms with Crippen LogP contribution in [-0.4, -0.2) is 41.5 Å². The van der Waals surface area contributed by atoms with E-state index in [0.29, 0.717) is 22.7 Å². The van der Waals surface area contributed by atoms with E-state index in [1.165, 1.54) is 12.4 Å². The number of hydrogen-bond donors (Lipinski definition) is 1. The minimum Gasteiger partial charge on any atom is -0.506 e. The van der Waals surface area contributed by atoms with E-state index in [-0.39, 0.29) is 11.7 Å². The van der Waals surface area contributed by atoms with Crippen molar-refractivity contribution in [3.63, 3.8) is 0 Å². The molecule has 40 heavy (non-hydrogen) atoms. The number of hydrogen-bond acceptors (Lipinski definition) is 6. The third kappa shape index (κ3) is 3.85. The summed E-state index contributed by atoms with van der Waals surface area (Å²) in [7, 11) is 0. The van der Waals surface area contributed by atoms with Gasteiger partial charge in [-0.15, -0.1) is 0 Å². The number of aryl methyl sites for hydroxylation is 1. The molecule has 0 bridgehead atoms. The van der Waals surface area contributed by atoms with Crippen LogP contribution in [0.1, 0.15) is 46.5 Å². The van der Waals surface area contributed by atoms with Gasteiger partial charge in [0.1, 0.15) is 28.5 Å². The number of carbonyl (C=O) groups excluding carboxylic acids is 1. The zero-order valence-electron chi connectivity index (χ0n) is 22.7. The molecule has 7 nitrogen and oxygen atoms in total. The highest BCUT2D eigenvalue weighted by Crippen LogP contribution is 2.58. The first-order valence-corrected chi connectivity index (χ1v) is 13.5. The summed E-state index contributed by atoms with van der Waals surface area (Å²) < 4.78 is 6.55. The van der Waals surface area contributed by atoms with Crippen LogP contribution >= 0.6 is 0 Å². The molecular formula is C33H30N4O3. The first-order chi connectivity index (χ1) is 19.5. The Labute approximate surface area is 233 Å². The molecule has 2 aliphatic heterocycles. The van der Waals surface area contributed by atoms with Crippen LogP contribution in [0.4, 0.5) is 11.4 Å². The van der Waals surface area contributed by atoms with E-state index in [1.807, 2.05) is 49.4 Å². The Morgan fingerprint density at radius 2 is 1.57 bits per heavy atom. The Balaban J connectivity index is 1.57. The predicted molar refractivity (Wildman–Crippen MR) is 159 cm³/mol. The Kier molecular flexibility index (Phi) is 6.34. The van der Waals surface area contributed by atoms with Gasteiger partial charge in [-0.2, -0.15) is 5.10 Å². The first kappa shape index (κ1) is 25.4. The summed E-state index contributed by atoms with van der Waals surface area (Å²) in [4.78, 5) is 20.6. The maximum Gasteiger partial charge on any atom is 0.275 e. The minimum absolute atomic E-state index is 0.0694. The van der Waals surface area contributed by atoms with Crippen molar-refractivity contribution in [2.24, 2.45) is 10.1 Å². The van der Waals surface area contributed by atoms with Crippen LogP contribution in [0.25, 0.3) is 0 Å². The molecule has 1 spiro atoms. The molecule has 200 valence electrons. The molecule has 0 saturated carbocycles. The monoisotopic (exact) mass is 530 g/mol. The second-order valence-electron chi connectivity index (χ2n) is 9.86. The number of phenolic OH excluding ortho intramolecular Hbond substituents is 1. The van der Waals surface area contributed by atoms with Gasteiger partial charge in [0, 0.05) is 53.3 Å². The lowest BCUT2D eigenvalue weighted by Gasteiger charge is -2.42. The van der Waals surface area contributed by atoms with E-state index < -0.39 is 5.54 Å². The normalized spacial score (nSPS) is 17.3. The van der Waals surface area contributed by atoms with Gasteiger partial charge in [-0.25, -0.2) is 5.01 Å². The van der Waals surface area contributed by atoms with E-state index >= 15 is 0 Å². The lowest BCUT2D eigenvalue weighted by molar-refractivity contribution is 0.0675. The Hall–Kier alpha value is -4.91. The molecule has 1 atom stereocenters. The fourth-order valence-electron chi connectivity index (χ4n) is 5.76. The van der Waals surface area contributed by atoms with Gasteiger partial charge in [0.05, 0.1) is 6.21 Å². The van der Waals surface area contributed by atoms with Crippen LogP contribution in [0, 0.1) is 6.92 Å². The highest BCUT2D eigenvalue weighted by Gasteiger charge is 2.57. The van der Waals surface area contributed by atoms with Crippen LogP contribution in [0.2, 0.25) is 0 Å². The summed E-state index contributed by atoms with van der Waals surface area (Å²) in [5.74, 6) is 1.24. The maximum absolute atomic E-state index is 14.0. The zero-order chi connectivity index (χ0) is 27.9. The highest BCUT2D eigenvalue weighted by molar-refractivity contribution is 6.17. The Morgan fingerprint density at radius 1 is 0.875 bits per heavy atom. The second kappa shape index (κ2) is 10.0. The number of carbonyl (C=O) groups is 1. The zero-order valence-corrected chi connectivity index (χ0v) is 22.7. The Morgan fingerprint density at radius 3 is 2.35 bits per heavy atom. The van der Waals surface area contributed by atoms with Gasteiger partial charge >= 0.3 is 0 Å². The van der Waals surface area contributed by atoms with Crippen LogP contribution in [0.5, 0.6) is 17.2 Å². The molecule has 6 rings (SSSR count). The number of amides is 1. The summed E-state index contributed by atoms with van der Waals surface area (Å²) >= 11 is 0. The standard InChI is InChI=1S/C33H30N4O3/c1-4-36(5-2)23-15-17-27-31(21-23)40-30-20-22(3)14-16-26(30)33(27)25-11-7-6-10-24(25)32(39)37(33)35-19-18-34-28-12-8-9-13-29(28)38/h6-21,38H,4-5H2,1-3H3/b34-18?,35-19+. The summed E-state index contributed by atoms with van der Waals surface area (Å²) in [5.41, 5.74) is 4.61. The van der Waals surface area contributed by atoms with Crippen molar-refractivity contribution in [1.82, 2.24) is 5.01 Å². The van der Waals surface area contributed by atoms with Crippen molar-refractivity contribution in [1.29, 1.82) is 0 Å². The van der Waals surface area contributed by atoms with E-state index in [9.17, 15) is 9.90 Å². The number of benzene rings is 4. The number of aliphatic imine (C=N–C) groups is 1. The molecule has 7 heteroatoms. The molecule has 4 aromatic rings. The third-order valence-corrected chi connectivity index (χ3v) is 7.63. The molecule has 1 N–H and O–H groups in total. The number of fused-ring (bicyclic) bond motifs is 6. The second-order valence-corrected chi connectivity index (χ2v) is 9.86. The molecule has 2 aliphatic rings. The van der Waals surface area contributed by atoms with E-state index in [2.05, 4.69) is 41.9 Å². The molecule has 0 fully saturated rings. The maximum atomic E-state index is 14.0. The van der Waals surface area contributed by atoms with E-state index in [1.54, 1.807) is 29.3 Å². The van der Waals surface area contributed by atoms with Gasteiger partial charge in [0.2, 0.25) is 0 Å². The molecule has 0 aliphatic carbocycles. The summed E-state index contributed by atoms with van der Waals surface area (Å²) in [6.07, 6.45) is 2.98. The number of phenols is 1. The van der Waals surface area contributed by atoms with Crippen molar-refractivity contribution in [3.05, 3.63) is 113 Å². The van der Waals surface area contributed by atoms with Gasteiger partial charge in [-0.05, 0) is 56.7 Å². The van der Waals surface area contributed by atoms with Crippen molar-refractivity contribution < 1.29 is 14.6 Å². The molecule has 1 unspecified atom stereocenters. The van der Waals surface area contributed by atoms with Crippen molar-refractivity contribution in [3.8, 4) is 17.2 Å². The lowest BCUT2D eigenvalue weighted by atomic mass is 9.75. The van der Waals surface area contributed by atoms with Crippen molar-refractivity contribution in [2.75, 3.05) is 18.0 Å². The molecular weight excluding hydrogens is 500 g/mol. The van der Waals surface area contributed by atoms with Gasteiger partial charge in [0.25, 0.3) is 5.91 Å². The fraction of sp³-hybridized carbons (Fsp3) is 0.182. The predicted octanol–water partition coefficient (Wildman–Crippen LogP) is 6.79. The summed E-state index contributed by atoms with van der Waals surface area (Å²) in [6, 6.07) is 26.7. The molecule has 1 amide bonds. The lowest BCUT2D eigenvalue weighted by Crippen LogP contribution is -2.44. The highest BCUT2D eigenvalue weighted by atomic mass is 16.5. The number of anilines is 1. The Bertz CT molecular complexity index is 1670. The smallest absolute Gasteiger partial charge is 0.275 e. The van der Waals surface area contributed by atoms with Gasteiger partial charge < -0.3 is 14.7 Å². The average Bonchev–Trinajstić information content (AvgIpc) is 3.21. The van der Waals surface area contributed by atoms with Crippen LogP contribution in [-0.2, 0) is 5.54 Å². The first-order valence-electron chi connectivity index (χ1n) is 13.5. The minimum atomic E-state index is -1.04. The van der Waals surface area contributed by atoms with Crippen LogP contribution in [0.15, 0.2) is 95.0 Å². The summed E-state index contributed by atoms with van der Waals surface area (Å²) in [6.45, 7) is 8.01. The van der Waals surface area contributed by atoms with Crippen molar-refractivity contribution in [2.45, 2.75) is 26.3 Å². The topological polar surface area (TPSA) is 77.7 Å². The number of ether oxygens (including phenoxy) is 1. The molecule has 0 saturated heterocycles. The molecule has 2 heterocycles. The third-order valence-electron chi connectivity index (χ3n) is 7.63.